The van der Waals surface area contributed by atoms with Gasteiger partial charge in [-0.3, -0.25) is 0 Å². The van der Waals surface area contributed by atoms with Crippen molar-refractivity contribution in [3.63, 3.8) is 0 Å². The van der Waals surface area contributed by atoms with Crippen LogP contribution in [0.2, 0.25) is 15.1 Å². The highest BCUT2D eigenvalue weighted by molar-refractivity contribution is 9.10. The minimum absolute atomic E-state index is 0.339. The van der Waals surface area contributed by atoms with Gasteiger partial charge < -0.3 is 4.74 Å². The Morgan fingerprint density at radius 3 is 2.50 bits per heavy atom. The van der Waals surface area contributed by atoms with Crippen molar-refractivity contribution < 1.29 is 4.74 Å². The van der Waals surface area contributed by atoms with Crippen LogP contribution in [0.15, 0.2) is 40.9 Å². The molecule has 0 unspecified atom stereocenters. The molecule has 18 heavy (non-hydrogen) atoms. The third-order valence-electron chi connectivity index (χ3n) is 2.31. The fraction of sp³-hybridized carbons (Fsp3) is 0.0769. The van der Waals surface area contributed by atoms with Crippen molar-refractivity contribution in [2.45, 2.75) is 6.61 Å². The fourth-order valence-electron chi connectivity index (χ4n) is 1.39. The lowest BCUT2D eigenvalue weighted by molar-refractivity contribution is 0.306. The van der Waals surface area contributed by atoms with Gasteiger partial charge in [-0.15, -0.1) is 0 Å². The summed E-state index contributed by atoms with van der Waals surface area (Å²) in [5, 5.41) is 1.52. The van der Waals surface area contributed by atoms with Crippen LogP contribution in [0.4, 0.5) is 0 Å². The molecule has 0 atom stereocenters. The number of halogens is 4. The summed E-state index contributed by atoms with van der Waals surface area (Å²) in [6, 6.07) is 10.9. The maximum Gasteiger partial charge on any atom is 0.139 e. The largest absolute Gasteiger partial charge is 0.487 e. The van der Waals surface area contributed by atoms with Crippen LogP contribution in [0.5, 0.6) is 5.75 Å². The normalized spacial score (nSPS) is 10.4. The van der Waals surface area contributed by atoms with E-state index in [2.05, 4.69) is 15.9 Å². The van der Waals surface area contributed by atoms with Crippen LogP contribution < -0.4 is 4.74 Å². The lowest BCUT2D eigenvalue weighted by Crippen LogP contribution is -1.97. The third-order valence-corrected chi connectivity index (χ3v) is 3.96. The lowest BCUT2D eigenvalue weighted by atomic mass is 10.2. The molecule has 5 heteroatoms. The van der Waals surface area contributed by atoms with E-state index in [0.29, 0.717) is 27.4 Å². The number of ether oxygens (including phenoxy) is 1. The van der Waals surface area contributed by atoms with Gasteiger partial charge in [0.25, 0.3) is 0 Å². The first-order valence-corrected chi connectivity index (χ1v) is 7.01. The predicted molar refractivity (Wildman–Crippen MR) is 79.9 cm³/mol. The van der Waals surface area contributed by atoms with Gasteiger partial charge in [0.05, 0.1) is 5.02 Å². The van der Waals surface area contributed by atoms with E-state index in [-0.39, 0.29) is 0 Å². The van der Waals surface area contributed by atoms with E-state index < -0.39 is 0 Å². The summed E-state index contributed by atoms with van der Waals surface area (Å²) >= 11 is 21.4. The Hall–Kier alpha value is -0.410. The van der Waals surface area contributed by atoms with E-state index >= 15 is 0 Å². The molecular formula is C13H8BrCl3O. The van der Waals surface area contributed by atoms with Crippen LogP contribution >= 0.6 is 50.7 Å². The van der Waals surface area contributed by atoms with Crippen molar-refractivity contribution in [1.29, 1.82) is 0 Å². The highest BCUT2D eigenvalue weighted by Crippen LogP contribution is 2.32. The maximum absolute atomic E-state index is 6.10. The van der Waals surface area contributed by atoms with Crippen LogP contribution in [0, 0.1) is 0 Å². The summed E-state index contributed by atoms with van der Waals surface area (Å²) in [5.74, 6) is 0.545. The molecule has 1 nitrogen and oxygen atoms in total. The minimum atomic E-state index is 0.339. The van der Waals surface area contributed by atoms with E-state index in [0.717, 1.165) is 10.0 Å². The summed E-state index contributed by atoms with van der Waals surface area (Å²) in [4.78, 5) is 0. The van der Waals surface area contributed by atoms with Crippen LogP contribution in [0.1, 0.15) is 5.56 Å². The van der Waals surface area contributed by atoms with Crippen molar-refractivity contribution in [2.75, 3.05) is 0 Å². The van der Waals surface area contributed by atoms with Crippen molar-refractivity contribution in [3.05, 3.63) is 61.5 Å². The summed E-state index contributed by atoms with van der Waals surface area (Å²) < 4.78 is 6.54. The van der Waals surface area contributed by atoms with Crippen molar-refractivity contribution in [3.8, 4) is 5.75 Å². The molecule has 2 aromatic rings. The lowest BCUT2D eigenvalue weighted by Gasteiger charge is -2.10. The number of rotatable bonds is 3. The Balaban J connectivity index is 2.14. The molecule has 0 N–H and O–H groups in total. The number of hydrogen-bond donors (Lipinski definition) is 0. The van der Waals surface area contributed by atoms with Gasteiger partial charge in [-0.2, -0.15) is 0 Å². The first kappa shape index (κ1) is 14.0. The summed E-state index contributed by atoms with van der Waals surface area (Å²) in [7, 11) is 0. The van der Waals surface area contributed by atoms with Gasteiger partial charge in [-0.25, -0.2) is 0 Å². The van der Waals surface area contributed by atoms with Crippen LogP contribution in [0.3, 0.4) is 0 Å². The average Bonchev–Trinajstić information content (AvgIpc) is 2.33. The molecule has 0 aliphatic carbocycles. The summed E-state index contributed by atoms with van der Waals surface area (Å²) in [6.45, 7) is 0.339. The highest BCUT2D eigenvalue weighted by atomic mass is 79.9. The molecule has 0 heterocycles. The van der Waals surface area contributed by atoms with Crippen LogP contribution in [-0.2, 0) is 6.61 Å². The first-order valence-electron chi connectivity index (χ1n) is 5.08. The van der Waals surface area contributed by atoms with Crippen molar-refractivity contribution in [2.24, 2.45) is 0 Å². The summed E-state index contributed by atoms with van der Waals surface area (Å²) in [6.07, 6.45) is 0. The van der Waals surface area contributed by atoms with Gasteiger partial charge in [-0.05, 0) is 24.3 Å². The maximum atomic E-state index is 6.10. The molecule has 0 fully saturated rings. The molecular weight excluding hydrogens is 358 g/mol. The molecule has 0 amide bonds. The Morgan fingerprint density at radius 1 is 1.00 bits per heavy atom. The second-order valence-electron chi connectivity index (χ2n) is 3.58. The molecule has 0 aromatic heterocycles. The van der Waals surface area contributed by atoms with E-state index in [9.17, 15) is 0 Å². The zero-order chi connectivity index (χ0) is 13.1. The van der Waals surface area contributed by atoms with E-state index in [1.54, 1.807) is 18.2 Å². The average molecular weight is 366 g/mol. The van der Waals surface area contributed by atoms with Gasteiger partial charge in [0.15, 0.2) is 0 Å². The predicted octanol–water partition coefficient (Wildman–Crippen LogP) is 5.99. The molecule has 0 saturated heterocycles. The number of benzene rings is 2. The first-order chi connectivity index (χ1) is 8.58. The smallest absolute Gasteiger partial charge is 0.139 e. The van der Waals surface area contributed by atoms with E-state index in [1.165, 1.54) is 0 Å². The quantitative estimate of drug-likeness (QED) is 0.648. The van der Waals surface area contributed by atoms with Gasteiger partial charge >= 0.3 is 0 Å². The molecule has 2 rings (SSSR count). The van der Waals surface area contributed by atoms with Crippen molar-refractivity contribution in [1.82, 2.24) is 0 Å². The molecule has 0 spiro atoms. The molecule has 94 valence electrons. The van der Waals surface area contributed by atoms with Gasteiger partial charge in [0.2, 0.25) is 0 Å². The van der Waals surface area contributed by atoms with Crippen LogP contribution in [0.25, 0.3) is 0 Å². The Labute approximate surface area is 129 Å². The molecule has 0 aliphatic rings. The summed E-state index contributed by atoms with van der Waals surface area (Å²) in [5.41, 5.74) is 0.885. The zero-order valence-corrected chi connectivity index (χ0v) is 12.9. The molecule has 0 radical (unpaired) electrons. The van der Waals surface area contributed by atoms with Crippen molar-refractivity contribution >= 4 is 50.7 Å². The molecule has 0 aliphatic heterocycles. The zero-order valence-electron chi connectivity index (χ0n) is 9.09. The van der Waals surface area contributed by atoms with Gasteiger partial charge in [0.1, 0.15) is 17.4 Å². The monoisotopic (exact) mass is 364 g/mol. The van der Waals surface area contributed by atoms with Crippen LogP contribution in [-0.4, -0.2) is 0 Å². The Morgan fingerprint density at radius 2 is 1.78 bits per heavy atom. The standard InChI is InChI=1S/C13H8BrCl3O/c14-9-5-4-8(11(16)6-9)7-18-12-3-1-2-10(15)13(12)17/h1-6H,7H2. The molecule has 0 bridgehead atoms. The Kier molecular flexibility index (Phi) is 4.79. The highest BCUT2D eigenvalue weighted by Gasteiger charge is 2.07. The second kappa shape index (κ2) is 6.16. The number of hydrogen-bond acceptors (Lipinski definition) is 1. The Bertz CT molecular complexity index is 572. The van der Waals surface area contributed by atoms with Gasteiger partial charge in [-0.1, -0.05) is 62.9 Å². The van der Waals surface area contributed by atoms with Gasteiger partial charge in [0, 0.05) is 15.1 Å². The third kappa shape index (κ3) is 3.33. The second-order valence-corrected chi connectivity index (χ2v) is 5.68. The fourth-order valence-corrected chi connectivity index (χ4v) is 2.46. The molecule has 2 aromatic carbocycles. The minimum Gasteiger partial charge on any atom is -0.487 e. The van der Waals surface area contributed by atoms with E-state index in [4.69, 9.17) is 39.5 Å². The molecule has 0 saturated carbocycles. The van der Waals surface area contributed by atoms with E-state index in [1.807, 2.05) is 18.2 Å². The SMILES string of the molecule is Clc1cc(Br)ccc1COc1cccc(Cl)c1Cl. The topological polar surface area (TPSA) is 9.23 Å².